The highest BCUT2D eigenvalue weighted by molar-refractivity contribution is 6.30. The Balaban J connectivity index is 1.72. The van der Waals surface area contributed by atoms with E-state index in [1.165, 1.54) is 5.56 Å². The van der Waals surface area contributed by atoms with Crippen molar-refractivity contribution in [2.45, 2.75) is 25.6 Å². The van der Waals surface area contributed by atoms with Crippen molar-refractivity contribution in [3.8, 4) is 0 Å². The van der Waals surface area contributed by atoms with Crippen LogP contribution in [0.1, 0.15) is 24.2 Å². The first kappa shape index (κ1) is 14.6. The molecule has 0 saturated carbocycles. The summed E-state index contributed by atoms with van der Waals surface area (Å²) in [4.78, 5) is 2.44. The zero-order valence-electron chi connectivity index (χ0n) is 12.4. The monoisotopic (exact) mass is 305 g/mol. The average Bonchev–Trinajstić information content (AvgIpc) is 2.87. The van der Waals surface area contributed by atoms with Gasteiger partial charge in [-0.15, -0.1) is 0 Å². The van der Waals surface area contributed by atoms with E-state index < -0.39 is 0 Å². The van der Waals surface area contributed by atoms with E-state index in [4.69, 9.17) is 16.3 Å². The van der Waals surface area contributed by atoms with E-state index in [1.54, 1.807) is 0 Å². The zero-order valence-corrected chi connectivity index (χ0v) is 13.1. The third-order valence-electron chi connectivity index (χ3n) is 3.93. The van der Waals surface area contributed by atoms with Gasteiger partial charge < -0.3 is 4.74 Å². The lowest BCUT2D eigenvalue weighted by Crippen LogP contribution is -2.44. The first-order valence-electron chi connectivity index (χ1n) is 7.20. The van der Waals surface area contributed by atoms with Crippen molar-refractivity contribution in [2.75, 3.05) is 13.2 Å². The van der Waals surface area contributed by atoms with Crippen molar-refractivity contribution < 1.29 is 4.74 Å². The van der Waals surface area contributed by atoms with Gasteiger partial charge in [0.2, 0.25) is 0 Å². The molecule has 4 nitrogen and oxygen atoms in total. The summed E-state index contributed by atoms with van der Waals surface area (Å²) in [5, 5.41) is 5.00. The van der Waals surface area contributed by atoms with Gasteiger partial charge in [0.05, 0.1) is 18.9 Å². The molecule has 1 fully saturated rings. The molecule has 1 aliphatic rings. The predicted octanol–water partition coefficient (Wildman–Crippen LogP) is 3.04. The van der Waals surface area contributed by atoms with E-state index in [-0.39, 0.29) is 6.10 Å². The smallest absolute Gasteiger partial charge is 0.0953 e. The van der Waals surface area contributed by atoms with Crippen LogP contribution in [-0.2, 0) is 18.3 Å². The Morgan fingerprint density at radius 2 is 2.29 bits per heavy atom. The summed E-state index contributed by atoms with van der Waals surface area (Å²) in [5.74, 6) is 0. The number of morpholine rings is 1. The Morgan fingerprint density at radius 1 is 1.43 bits per heavy atom. The maximum Gasteiger partial charge on any atom is 0.0953 e. The minimum Gasteiger partial charge on any atom is -0.371 e. The van der Waals surface area contributed by atoms with Crippen LogP contribution < -0.4 is 0 Å². The number of nitrogens with zero attached hydrogens (tertiary/aromatic N) is 3. The van der Waals surface area contributed by atoms with E-state index in [2.05, 4.69) is 29.2 Å². The lowest BCUT2D eigenvalue weighted by molar-refractivity contribution is -0.0633. The summed E-state index contributed by atoms with van der Waals surface area (Å²) >= 11 is 6.08. The van der Waals surface area contributed by atoms with Gasteiger partial charge in [-0.25, -0.2) is 0 Å². The van der Waals surface area contributed by atoms with Gasteiger partial charge in [-0.05, 0) is 24.6 Å². The van der Waals surface area contributed by atoms with Crippen LogP contribution in [-0.4, -0.2) is 33.9 Å². The minimum atomic E-state index is 0.0802. The van der Waals surface area contributed by atoms with Crippen molar-refractivity contribution in [3.05, 3.63) is 52.8 Å². The number of benzene rings is 1. The standard InChI is InChI=1S/C16H20ClN3O/c1-12-11-21-16(14-4-3-5-15(17)6-14)10-20(12)9-13-7-18-19(2)8-13/h3-8,12,16H,9-11H2,1-2H3/t12-,16+/m1/s1. The fourth-order valence-corrected chi connectivity index (χ4v) is 2.92. The van der Waals surface area contributed by atoms with E-state index in [1.807, 2.05) is 36.1 Å². The van der Waals surface area contributed by atoms with Crippen molar-refractivity contribution in [1.82, 2.24) is 14.7 Å². The van der Waals surface area contributed by atoms with Crippen LogP contribution in [0.5, 0.6) is 0 Å². The molecule has 1 aromatic carbocycles. The maximum atomic E-state index is 6.08. The summed E-state index contributed by atoms with van der Waals surface area (Å²) in [6.45, 7) is 4.70. The predicted molar refractivity (Wildman–Crippen MR) is 83.2 cm³/mol. The molecule has 0 unspecified atom stereocenters. The second kappa shape index (κ2) is 6.18. The van der Waals surface area contributed by atoms with E-state index in [0.717, 1.165) is 30.3 Å². The molecular weight excluding hydrogens is 286 g/mol. The Labute approximate surface area is 130 Å². The molecule has 0 radical (unpaired) electrons. The summed E-state index contributed by atoms with van der Waals surface area (Å²) in [5.41, 5.74) is 2.38. The van der Waals surface area contributed by atoms with Gasteiger partial charge in [-0.1, -0.05) is 23.7 Å². The van der Waals surface area contributed by atoms with E-state index in [9.17, 15) is 0 Å². The highest BCUT2D eigenvalue weighted by Gasteiger charge is 2.27. The van der Waals surface area contributed by atoms with Crippen LogP contribution in [0.4, 0.5) is 0 Å². The van der Waals surface area contributed by atoms with Gasteiger partial charge in [0.1, 0.15) is 0 Å². The van der Waals surface area contributed by atoms with Gasteiger partial charge in [0, 0.05) is 43.0 Å². The van der Waals surface area contributed by atoms with Gasteiger partial charge in [0.25, 0.3) is 0 Å². The molecule has 2 atom stereocenters. The Kier molecular flexibility index (Phi) is 4.29. The molecule has 2 heterocycles. The highest BCUT2D eigenvalue weighted by Crippen LogP contribution is 2.27. The van der Waals surface area contributed by atoms with Crippen molar-refractivity contribution in [2.24, 2.45) is 7.05 Å². The van der Waals surface area contributed by atoms with E-state index in [0.29, 0.717) is 6.04 Å². The van der Waals surface area contributed by atoms with Crippen molar-refractivity contribution in [3.63, 3.8) is 0 Å². The van der Waals surface area contributed by atoms with Crippen molar-refractivity contribution >= 4 is 11.6 Å². The summed E-state index contributed by atoms with van der Waals surface area (Å²) in [6, 6.07) is 8.34. The molecule has 0 amide bonds. The SMILES string of the molecule is C[C@@H]1CO[C@H](c2cccc(Cl)c2)CN1Cc1cnn(C)c1. The molecule has 0 N–H and O–H groups in total. The quantitative estimate of drug-likeness (QED) is 0.873. The third kappa shape index (κ3) is 3.46. The van der Waals surface area contributed by atoms with Gasteiger partial charge in [-0.2, -0.15) is 5.10 Å². The van der Waals surface area contributed by atoms with Gasteiger partial charge in [0.15, 0.2) is 0 Å². The number of halogens is 1. The molecule has 0 spiro atoms. The number of rotatable bonds is 3. The van der Waals surface area contributed by atoms with Gasteiger partial charge >= 0.3 is 0 Å². The normalized spacial score (nSPS) is 23.4. The number of aromatic nitrogens is 2. The molecule has 1 aliphatic heterocycles. The molecular formula is C16H20ClN3O. The number of hydrogen-bond donors (Lipinski definition) is 0. The largest absolute Gasteiger partial charge is 0.371 e. The first-order chi connectivity index (χ1) is 10.1. The number of aryl methyl sites for hydroxylation is 1. The van der Waals surface area contributed by atoms with Crippen LogP contribution >= 0.6 is 11.6 Å². The first-order valence-corrected chi connectivity index (χ1v) is 7.58. The molecule has 21 heavy (non-hydrogen) atoms. The second-order valence-corrected chi connectivity index (χ2v) is 6.11. The molecule has 3 rings (SSSR count). The summed E-state index contributed by atoms with van der Waals surface area (Å²) in [7, 11) is 1.95. The molecule has 0 aliphatic carbocycles. The fraction of sp³-hybridized carbons (Fsp3) is 0.438. The number of hydrogen-bond acceptors (Lipinski definition) is 3. The molecule has 1 aromatic heterocycles. The number of ether oxygens (including phenoxy) is 1. The maximum absolute atomic E-state index is 6.08. The molecule has 1 saturated heterocycles. The average molecular weight is 306 g/mol. The van der Waals surface area contributed by atoms with Crippen LogP contribution in [0.2, 0.25) is 5.02 Å². The van der Waals surface area contributed by atoms with Crippen LogP contribution in [0.25, 0.3) is 0 Å². The van der Waals surface area contributed by atoms with Crippen molar-refractivity contribution in [1.29, 1.82) is 0 Å². The highest BCUT2D eigenvalue weighted by atomic mass is 35.5. The second-order valence-electron chi connectivity index (χ2n) is 5.68. The summed E-state index contributed by atoms with van der Waals surface area (Å²) < 4.78 is 7.83. The van der Waals surface area contributed by atoms with Gasteiger partial charge in [-0.3, -0.25) is 9.58 Å². The lowest BCUT2D eigenvalue weighted by Gasteiger charge is -2.38. The lowest BCUT2D eigenvalue weighted by atomic mass is 10.1. The third-order valence-corrected chi connectivity index (χ3v) is 4.16. The van der Waals surface area contributed by atoms with E-state index >= 15 is 0 Å². The molecule has 112 valence electrons. The topological polar surface area (TPSA) is 30.3 Å². The molecule has 2 aromatic rings. The fourth-order valence-electron chi connectivity index (χ4n) is 2.72. The Hall–Kier alpha value is -1.36. The Bertz CT molecular complexity index is 613. The summed E-state index contributed by atoms with van der Waals surface area (Å²) in [6.07, 6.45) is 4.07. The van der Waals surface area contributed by atoms with Crippen LogP contribution in [0, 0.1) is 0 Å². The molecule has 0 bridgehead atoms. The van der Waals surface area contributed by atoms with Crippen LogP contribution in [0.3, 0.4) is 0 Å². The zero-order chi connectivity index (χ0) is 14.8. The Morgan fingerprint density at radius 3 is 3.00 bits per heavy atom. The minimum absolute atomic E-state index is 0.0802. The van der Waals surface area contributed by atoms with Crippen LogP contribution in [0.15, 0.2) is 36.7 Å². The molecule has 5 heteroatoms.